The lowest BCUT2D eigenvalue weighted by atomic mass is 10.2. The summed E-state index contributed by atoms with van der Waals surface area (Å²) in [6.07, 6.45) is 4.52. The summed E-state index contributed by atoms with van der Waals surface area (Å²) in [6.45, 7) is 1.94. The van der Waals surface area contributed by atoms with Gasteiger partial charge in [0.25, 0.3) is 5.91 Å². The van der Waals surface area contributed by atoms with E-state index in [9.17, 15) is 4.79 Å². The molecule has 0 unspecified atom stereocenters. The Morgan fingerprint density at radius 1 is 1.43 bits per heavy atom. The highest BCUT2D eigenvalue weighted by molar-refractivity contribution is 5.94. The molecule has 0 saturated carbocycles. The van der Waals surface area contributed by atoms with Gasteiger partial charge < -0.3 is 16.0 Å². The molecule has 0 saturated heterocycles. The van der Waals surface area contributed by atoms with Crippen LogP contribution in [0.2, 0.25) is 0 Å². The van der Waals surface area contributed by atoms with E-state index in [-0.39, 0.29) is 11.9 Å². The van der Waals surface area contributed by atoms with Crippen LogP contribution in [0.1, 0.15) is 29.7 Å². The Morgan fingerprint density at radius 3 is 3.00 bits per heavy atom. The van der Waals surface area contributed by atoms with Crippen LogP contribution in [0.15, 0.2) is 36.4 Å². The van der Waals surface area contributed by atoms with Crippen molar-refractivity contribution in [1.82, 2.24) is 25.5 Å². The summed E-state index contributed by atoms with van der Waals surface area (Å²) >= 11 is 0. The van der Waals surface area contributed by atoms with Gasteiger partial charge in [-0.1, -0.05) is 18.2 Å². The van der Waals surface area contributed by atoms with Crippen LogP contribution in [0.3, 0.4) is 0 Å². The molecule has 0 aliphatic heterocycles. The molecule has 1 amide bonds. The van der Waals surface area contributed by atoms with E-state index in [1.807, 2.05) is 43.3 Å². The van der Waals surface area contributed by atoms with Gasteiger partial charge in [-0.3, -0.25) is 9.89 Å². The summed E-state index contributed by atoms with van der Waals surface area (Å²) in [7, 11) is 0. The van der Waals surface area contributed by atoms with Gasteiger partial charge in [0.2, 0.25) is 0 Å². The van der Waals surface area contributed by atoms with Crippen molar-refractivity contribution in [2.45, 2.75) is 19.4 Å². The first-order valence-electron chi connectivity index (χ1n) is 7.35. The average molecular weight is 310 g/mol. The number of fused-ring (bicyclic) bond motifs is 1. The molecule has 0 spiro atoms. The topological polar surface area (TPSA) is 112 Å². The molecule has 23 heavy (non-hydrogen) atoms. The number of carbonyl (C=O) groups is 1. The third kappa shape index (κ3) is 3.57. The minimum atomic E-state index is -0.215. The zero-order valence-corrected chi connectivity index (χ0v) is 12.7. The minimum absolute atomic E-state index is 0.0211. The second-order valence-electron chi connectivity index (χ2n) is 5.36. The second kappa shape index (κ2) is 6.35. The Labute approximate surface area is 133 Å². The third-order valence-electron chi connectivity index (χ3n) is 3.39. The number of anilines is 1. The highest BCUT2D eigenvalue weighted by atomic mass is 16.2. The Kier molecular flexibility index (Phi) is 4.09. The molecule has 0 bridgehead atoms. The number of hydrogen-bond acceptors (Lipinski definition) is 4. The molecule has 0 aliphatic carbocycles. The van der Waals surface area contributed by atoms with Crippen LogP contribution in [-0.2, 0) is 0 Å². The summed E-state index contributed by atoms with van der Waals surface area (Å²) in [5.74, 6) is 0.562. The zero-order valence-electron chi connectivity index (χ0n) is 12.7. The molecule has 7 heteroatoms. The smallest absolute Gasteiger partial charge is 0.287 e. The molecular formula is C16H18N6O. The van der Waals surface area contributed by atoms with Crippen LogP contribution >= 0.6 is 0 Å². The van der Waals surface area contributed by atoms with Crippen molar-refractivity contribution in [3.05, 3.63) is 47.9 Å². The summed E-state index contributed by atoms with van der Waals surface area (Å²) in [5.41, 5.74) is 7.99. The number of nitrogens with two attached hydrogens (primary N) is 1. The number of aromatic amines is 2. The standard InChI is InChI=1S/C16H18N6O/c1-10(5-4-6-11-9-14(17)22-21-11)18-16(23)15-19-12-7-2-3-8-13(12)20-15/h2-4,6-10H,5H2,1H3,(H,18,23)(H,19,20)(H3,17,21,22)/b6-4+/t10-/m0/s1. The Balaban J connectivity index is 1.57. The maximum atomic E-state index is 12.2. The zero-order chi connectivity index (χ0) is 16.2. The number of amides is 1. The molecule has 3 aromatic rings. The average Bonchev–Trinajstić information content (AvgIpc) is 3.13. The van der Waals surface area contributed by atoms with E-state index in [1.165, 1.54) is 0 Å². The molecular weight excluding hydrogens is 292 g/mol. The van der Waals surface area contributed by atoms with Crippen molar-refractivity contribution in [2.24, 2.45) is 0 Å². The van der Waals surface area contributed by atoms with E-state index in [1.54, 1.807) is 6.07 Å². The van der Waals surface area contributed by atoms with E-state index in [2.05, 4.69) is 25.5 Å². The number of nitrogen functional groups attached to an aromatic ring is 1. The molecule has 0 radical (unpaired) electrons. The van der Waals surface area contributed by atoms with E-state index in [4.69, 9.17) is 5.73 Å². The molecule has 0 aliphatic rings. The molecule has 0 fully saturated rings. The second-order valence-corrected chi connectivity index (χ2v) is 5.36. The quantitative estimate of drug-likeness (QED) is 0.578. The number of imidazole rings is 1. The van der Waals surface area contributed by atoms with Gasteiger partial charge in [-0.2, -0.15) is 5.10 Å². The predicted molar refractivity (Wildman–Crippen MR) is 89.7 cm³/mol. The molecule has 1 aromatic carbocycles. The fourth-order valence-electron chi connectivity index (χ4n) is 2.25. The molecule has 5 N–H and O–H groups in total. The van der Waals surface area contributed by atoms with Crippen LogP contribution in [0, 0.1) is 0 Å². The van der Waals surface area contributed by atoms with Crippen LogP contribution in [0.25, 0.3) is 17.1 Å². The number of carbonyl (C=O) groups excluding carboxylic acids is 1. The number of hydrogen-bond donors (Lipinski definition) is 4. The number of nitrogens with zero attached hydrogens (tertiary/aromatic N) is 2. The van der Waals surface area contributed by atoms with Gasteiger partial charge >= 0.3 is 0 Å². The number of H-pyrrole nitrogens is 2. The highest BCUT2D eigenvalue weighted by Gasteiger charge is 2.13. The first-order valence-corrected chi connectivity index (χ1v) is 7.35. The normalized spacial score (nSPS) is 12.7. The van der Waals surface area contributed by atoms with Gasteiger partial charge in [0.15, 0.2) is 5.82 Å². The summed E-state index contributed by atoms with van der Waals surface area (Å²) < 4.78 is 0. The van der Waals surface area contributed by atoms with Crippen LogP contribution in [0.4, 0.5) is 5.82 Å². The van der Waals surface area contributed by atoms with Gasteiger partial charge in [0, 0.05) is 12.1 Å². The lowest BCUT2D eigenvalue weighted by Gasteiger charge is -2.09. The predicted octanol–water partition coefficient (Wildman–Crippen LogP) is 2.09. The lowest BCUT2D eigenvalue weighted by Crippen LogP contribution is -2.32. The molecule has 2 heterocycles. The van der Waals surface area contributed by atoms with Crippen LogP contribution in [-0.4, -0.2) is 32.1 Å². The van der Waals surface area contributed by atoms with Gasteiger partial charge in [-0.25, -0.2) is 4.98 Å². The fraction of sp³-hybridized carbons (Fsp3) is 0.188. The molecule has 118 valence electrons. The SMILES string of the molecule is C[C@@H](C/C=C/c1cc(N)n[nH]1)NC(=O)c1nc2ccccc2[nH]1. The van der Waals surface area contributed by atoms with Crippen molar-refractivity contribution >= 4 is 28.8 Å². The fourth-order valence-corrected chi connectivity index (χ4v) is 2.25. The maximum Gasteiger partial charge on any atom is 0.287 e. The number of benzene rings is 1. The number of para-hydroxylation sites is 2. The minimum Gasteiger partial charge on any atom is -0.382 e. The number of nitrogens with one attached hydrogen (secondary N) is 3. The van der Waals surface area contributed by atoms with E-state index < -0.39 is 0 Å². The Morgan fingerprint density at radius 2 is 2.26 bits per heavy atom. The monoisotopic (exact) mass is 310 g/mol. The van der Waals surface area contributed by atoms with Gasteiger partial charge in [-0.05, 0) is 31.6 Å². The molecule has 1 atom stereocenters. The molecule has 2 aromatic heterocycles. The Bertz CT molecular complexity index is 814. The Hall–Kier alpha value is -3.09. The molecule has 7 nitrogen and oxygen atoms in total. The highest BCUT2D eigenvalue weighted by Crippen LogP contribution is 2.10. The summed E-state index contributed by atoms with van der Waals surface area (Å²) in [6, 6.07) is 9.27. The third-order valence-corrected chi connectivity index (χ3v) is 3.39. The number of rotatable bonds is 5. The van der Waals surface area contributed by atoms with Gasteiger partial charge in [0.1, 0.15) is 5.82 Å². The largest absolute Gasteiger partial charge is 0.382 e. The van der Waals surface area contributed by atoms with Crippen LogP contribution < -0.4 is 11.1 Å². The first-order chi connectivity index (χ1) is 11.1. The van der Waals surface area contributed by atoms with Crippen LogP contribution in [0.5, 0.6) is 0 Å². The summed E-state index contributed by atoms with van der Waals surface area (Å²) in [4.78, 5) is 19.5. The van der Waals surface area contributed by atoms with Crippen molar-refractivity contribution < 1.29 is 4.79 Å². The van der Waals surface area contributed by atoms with E-state index in [0.29, 0.717) is 18.1 Å². The van der Waals surface area contributed by atoms with E-state index >= 15 is 0 Å². The molecule has 3 rings (SSSR count). The maximum absolute atomic E-state index is 12.2. The van der Waals surface area contributed by atoms with Gasteiger partial charge in [-0.15, -0.1) is 0 Å². The summed E-state index contributed by atoms with van der Waals surface area (Å²) in [5, 5.41) is 9.55. The van der Waals surface area contributed by atoms with Crippen molar-refractivity contribution in [2.75, 3.05) is 5.73 Å². The van der Waals surface area contributed by atoms with E-state index in [0.717, 1.165) is 16.7 Å². The van der Waals surface area contributed by atoms with Gasteiger partial charge in [0.05, 0.1) is 16.7 Å². The number of aromatic nitrogens is 4. The van der Waals surface area contributed by atoms with Crippen molar-refractivity contribution in [1.29, 1.82) is 0 Å². The van der Waals surface area contributed by atoms with Crippen molar-refractivity contribution in [3.63, 3.8) is 0 Å². The van der Waals surface area contributed by atoms with Crippen molar-refractivity contribution in [3.8, 4) is 0 Å². The first kappa shape index (κ1) is 14.8. The lowest BCUT2D eigenvalue weighted by molar-refractivity contribution is 0.0931.